The van der Waals surface area contributed by atoms with Gasteiger partial charge in [0.05, 0.1) is 27.7 Å². The smallest absolute Gasteiger partial charge is 0.462 e. The summed E-state index contributed by atoms with van der Waals surface area (Å²) in [6, 6.07) is 0. The summed E-state index contributed by atoms with van der Waals surface area (Å²) < 4.78 is 34.4. The predicted molar refractivity (Wildman–Crippen MR) is 270 cm³/mol. The molecule has 0 spiro atoms. The van der Waals surface area contributed by atoms with Gasteiger partial charge in [-0.25, -0.2) is 4.57 Å². The number of quaternary nitrogens is 1. The van der Waals surface area contributed by atoms with Crippen LogP contribution >= 0.6 is 7.82 Å². The number of phosphoric acid groups is 1. The zero-order valence-corrected chi connectivity index (χ0v) is 43.2. The Hall–Kier alpha value is -2.03. The van der Waals surface area contributed by atoms with Crippen LogP contribution in [0.4, 0.5) is 0 Å². The van der Waals surface area contributed by atoms with Crippen molar-refractivity contribution in [3.63, 3.8) is 0 Å². The van der Waals surface area contributed by atoms with Crippen LogP contribution in [0.1, 0.15) is 232 Å². The Balaban J connectivity index is 4.28. The Morgan fingerprint density at radius 2 is 0.844 bits per heavy atom. The van der Waals surface area contributed by atoms with Crippen LogP contribution < -0.4 is 0 Å². The third-order valence-electron chi connectivity index (χ3n) is 11.4. The molecule has 0 aliphatic rings. The molecule has 10 heteroatoms. The second-order valence-electron chi connectivity index (χ2n) is 18.9. The highest BCUT2D eigenvalue weighted by Crippen LogP contribution is 2.43. The molecule has 0 heterocycles. The van der Waals surface area contributed by atoms with Crippen LogP contribution in [0.5, 0.6) is 0 Å². The van der Waals surface area contributed by atoms with Crippen molar-refractivity contribution in [2.75, 3.05) is 47.5 Å². The quantitative estimate of drug-likeness (QED) is 0.0211. The number of esters is 2. The van der Waals surface area contributed by atoms with Gasteiger partial charge in [-0.15, -0.1) is 0 Å². The van der Waals surface area contributed by atoms with E-state index in [0.717, 1.165) is 51.4 Å². The molecule has 0 aromatic carbocycles. The molecular formula is C54H101NO8P+. The lowest BCUT2D eigenvalue weighted by atomic mass is 10.0. The summed E-state index contributed by atoms with van der Waals surface area (Å²) in [5, 5.41) is 0. The number of hydrogen-bond donors (Lipinski definition) is 1. The van der Waals surface area contributed by atoms with E-state index in [9.17, 15) is 19.0 Å². The average Bonchev–Trinajstić information content (AvgIpc) is 3.25. The van der Waals surface area contributed by atoms with Crippen LogP contribution in [-0.2, 0) is 32.7 Å². The summed E-state index contributed by atoms with van der Waals surface area (Å²) in [5.41, 5.74) is 0. The number of unbranched alkanes of at least 4 members (excludes halogenated alkanes) is 26. The lowest BCUT2D eigenvalue weighted by molar-refractivity contribution is -0.870. The van der Waals surface area contributed by atoms with E-state index in [4.69, 9.17) is 18.5 Å². The first-order valence-corrected chi connectivity index (χ1v) is 27.9. The van der Waals surface area contributed by atoms with Gasteiger partial charge in [0.15, 0.2) is 6.10 Å². The summed E-state index contributed by atoms with van der Waals surface area (Å²) in [7, 11) is 1.46. The Morgan fingerprint density at radius 3 is 1.28 bits per heavy atom. The number of carbonyl (C=O) groups excluding carboxylic acids is 2. The fraction of sp³-hybridized carbons (Fsp3) is 0.815. The van der Waals surface area contributed by atoms with Crippen molar-refractivity contribution in [3.05, 3.63) is 48.6 Å². The highest BCUT2D eigenvalue weighted by molar-refractivity contribution is 7.47. The molecule has 374 valence electrons. The number of ether oxygens (including phenoxy) is 2. The highest BCUT2D eigenvalue weighted by Gasteiger charge is 2.27. The third-order valence-corrected chi connectivity index (χ3v) is 12.3. The van der Waals surface area contributed by atoms with E-state index in [1.807, 2.05) is 21.1 Å². The summed E-state index contributed by atoms with van der Waals surface area (Å²) >= 11 is 0. The molecule has 2 atom stereocenters. The number of allylic oxidation sites excluding steroid dienone is 8. The van der Waals surface area contributed by atoms with Gasteiger partial charge in [-0.3, -0.25) is 18.6 Å². The minimum Gasteiger partial charge on any atom is -0.462 e. The maximum atomic E-state index is 12.8. The molecule has 0 amide bonds. The van der Waals surface area contributed by atoms with E-state index in [1.54, 1.807) is 0 Å². The van der Waals surface area contributed by atoms with Crippen LogP contribution in [0.15, 0.2) is 48.6 Å². The molecule has 1 unspecified atom stereocenters. The SMILES string of the molecule is CCCCC/C=C\C/C=C\C/C=C\C/C=C\CCCCCC(=O)OC[C@H](COP(=O)(O)OCC[N+](C)(C)C)OC(=O)CCCCCCCCCCCCCCCCCCCCCCC. The van der Waals surface area contributed by atoms with Gasteiger partial charge in [0.2, 0.25) is 0 Å². The molecule has 0 fully saturated rings. The van der Waals surface area contributed by atoms with Gasteiger partial charge in [-0.05, 0) is 57.8 Å². The molecule has 0 aliphatic heterocycles. The maximum absolute atomic E-state index is 12.8. The Labute approximate surface area is 394 Å². The average molecular weight is 923 g/mol. The number of likely N-dealkylation sites (N-methyl/N-ethyl adjacent to an activating group) is 1. The highest BCUT2D eigenvalue weighted by atomic mass is 31.2. The largest absolute Gasteiger partial charge is 0.472 e. The number of phosphoric ester groups is 1. The van der Waals surface area contributed by atoms with E-state index in [0.29, 0.717) is 23.9 Å². The molecule has 1 N–H and O–H groups in total. The second-order valence-corrected chi connectivity index (χ2v) is 20.4. The van der Waals surface area contributed by atoms with Crippen molar-refractivity contribution in [1.82, 2.24) is 0 Å². The van der Waals surface area contributed by atoms with E-state index >= 15 is 0 Å². The van der Waals surface area contributed by atoms with Gasteiger partial charge >= 0.3 is 19.8 Å². The lowest BCUT2D eigenvalue weighted by Crippen LogP contribution is -2.37. The molecule has 0 aromatic heterocycles. The van der Waals surface area contributed by atoms with Crippen molar-refractivity contribution in [1.29, 1.82) is 0 Å². The predicted octanol–water partition coefficient (Wildman–Crippen LogP) is 15.8. The Morgan fingerprint density at radius 1 is 0.484 bits per heavy atom. The van der Waals surface area contributed by atoms with Crippen LogP contribution in [0, 0.1) is 0 Å². The molecule has 64 heavy (non-hydrogen) atoms. The molecule has 0 radical (unpaired) electrons. The van der Waals surface area contributed by atoms with Crippen molar-refractivity contribution in [2.45, 2.75) is 238 Å². The van der Waals surface area contributed by atoms with Gasteiger partial charge in [0, 0.05) is 12.8 Å². The number of hydrogen-bond acceptors (Lipinski definition) is 7. The fourth-order valence-electron chi connectivity index (χ4n) is 7.23. The summed E-state index contributed by atoms with van der Waals surface area (Å²) in [6.45, 7) is 4.39. The zero-order valence-electron chi connectivity index (χ0n) is 42.3. The van der Waals surface area contributed by atoms with E-state index in [1.165, 1.54) is 141 Å². The van der Waals surface area contributed by atoms with Crippen molar-refractivity contribution >= 4 is 19.8 Å². The fourth-order valence-corrected chi connectivity index (χ4v) is 7.98. The second kappa shape index (κ2) is 46.1. The summed E-state index contributed by atoms with van der Waals surface area (Å²) in [5.74, 6) is -0.826. The van der Waals surface area contributed by atoms with Crippen LogP contribution in [0.2, 0.25) is 0 Å². The van der Waals surface area contributed by atoms with E-state index in [2.05, 4.69) is 62.5 Å². The molecule has 0 aliphatic carbocycles. The minimum atomic E-state index is -4.39. The first kappa shape index (κ1) is 62.0. The molecule has 0 saturated heterocycles. The van der Waals surface area contributed by atoms with E-state index in [-0.39, 0.29) is 26.1 Å². The molecule has 0 saturated carbocycles. The Kier molecular flexibility index (Phi) is 44.6. The Bertz CT molecular complexity index is 1230. The van der Waals surface area contributed by atoms with Crippen LogP contribution in [0.25, 0.3) is 0 Å². The van der Waals surface area contributed by atoms with Gasteiger partial charge < -0.3 is 18.9 Å². The number of rotatable bonds is 48. The molecule has 0 bridgehead atoms. The first-order chi connectivity index (χ1) is 31.0. The lowest BCUT2D eigenvalue weighted by Gasteiger charge is -2.24. The molecule has 0 aromatic rings. The first-order valence-electron chi connectivity index (χ1n) is 26.4. The van der Waals surface area contributed by atoms with Crippen molar-refractivity contribution < 1.29 is 42.1 Å². The van der Waals surface area contributed by atoms with Gasteiger partial charge in [-0.2, -0.15) is 0 Å². The topological polar surface area (TPSA) is 108 Å². The molecule has 0 rings (SSSR count). The number of carbonyl (C=O) groups is 2. The number of nitrogens with zero attached hydrogens (tertiary/aromatic N) is 1. The van der Waals surface area contributed by atoms with Gasteiger partial charge in [0.1, 0.15) is 19.8 Å². The van der Waals surface area contributed by atoms with Crippen LogP contribution in [0.3, 0.4) is 0 Å². The maximum Gasteiger partial charge on any atom is 0.472 e. The van der Waals surface area contributed by atoms with E-state index < -0.39 is 32.5 Å². The van der Waals surface area contributed by atoms with Crippen LogP contribution in [-0.4, -0.2) is 74.9 Å². The standard InChI is InChI=1S/C54H100NO8P/c1-6-8-10-12-14-16-18-20-22-24-26-27-29-31-33-35-37-39-41-43-45-47-54(57)63-52(51-62-64(58,59)61-49-48-55(3,4)5)50-60-53(56)46-44-42-40-38-36-34-32-30-28-25-23-21-19-17-15-13-11-9-7-2/h15,17,21,23,28,30,34,36,52H,6-14,16,18-20,22,24-27,29,31-33,35,37-51H2,1-5H3/p+1/b17-15-,23-21-,30-28-,36-34-/t52-/m1/s1. The van der Waals surface area contributed by atoms with Gasteiger partial charge in [-0.1, -0.05) is 210 Å². The summed E-state index contributed by atoms with van der Waals surface area (Å²) in [4.78, 5) is 35.6. The third kappa shape index (κ3) is 49.4. The molecular weight excluding hydrogens is 822 g/mol. The normalized spacial score (nSPS) is 13.8. The molecule has 9 nitrogen and oxygen atoms in total. The monoisotopic (exact) mass is 923 g/mol. The van der Waals surface area contributed by atoms with Gasteiger partial charge in [0.25, 0.3) is 0 Å². The summed E-state index contributed by atoms with van der Waals surface area (Å²) in [6.07, 6.45) is 55.9. The zero-order chi connectivity index (χ0) is 47.1. The minimum absolute atomic E-state index is 0.0264. The van der Waals surface area contributed by atoms with Crippen molar-refractivity contribution in [3.8, 4) is 0 Å². The van der Waals surface area contributed by atoms with Crippen molar-refractivity contribution in [2.24, 2.45) is 0 Å².